The molecule has 5 heteroatoms. The number of benzene rings is 2. The van der Waals surface area contributed by atoms with Gasteiger partial charge in [0.25, 0.3) is 0 Å². The molecular formula is C16H17ClFNO2. The van der Waals surface area contributed by atoms with Crippen LogP contribution in [0.3, 0.4) is 0 Å². The summed E-state index contributed by atoms with van der Waals surface area (Å²) < 4.78 is 24.6. The Kier molecular flexibility index (Phi) is 5.42. The number of nitrogens with one attached hydrogen (secondary N) is 1. The first-order valence-corrected chi connectivity index (χ1v) is 6.90. The molecule has 0 saturated heterocycles. The standard InChI is InChI=1S/C16H17ClFNO2/c1-19-9-11-8-14(20-2)4-6-16(11)21-10-12-7-13(17)3-5-15(12)18/h3-8,19H,9-10H2,1-2H3. The predicted octanol–water partition coefficient (Wildman–Crippen LogP) is 3.79. The van der Waals surface area contributed by atoms with Gasteiger partial charge in [0.05, 0.1) is 7.11 Å². The molecule has 0 aromatic heterocycles. The smallest absolute Gasteiger partial charge is 0.129 e. The van der Waals surface area contributed by atoms with Gasteiger partial charge in [-0.05, 0) is 43.4 Å². The van der Waals surface area contributed by atoms with Crippen molar-refractivity contribution in [1.82, 2.24) is 5.32 Å². The molecule has 21 heavy (non-hydrogen) atoms. The lowest BCUT2D eigenvalue weighted by Gasteiger charge is -2.13. The fourth-order valence-electron chi connectivity index (χ4n) is 1.96. The fourth-order valence-corrected chi connectivity index (χ4v) is 2.16. The van der Waals surface area contributed by atoms with Gasteiger partial charge in [-0.1, -0.05) is 11.6 Å². The van der Waals surface area contributed by atoms with Crippen LogP contribution in [0.2, 0.25) is 5.02 Å². The first-order chi connectivity index (χ1) is 10.1. The molecule has 0 heterocycles. The fraction of sp³-hybridized carbons (Fsp3) is 0.250. The van der Waals surface area contributed by atoms with Crippen LogP contribution in [0, 0.1) is 5.82 Å². The molecule has 0 saturated carbocycles. The van der Waals surface area contributed by atoms with E-state index in [1.54, 1.807) is 13.2 Å². The van der Waals surface area contributed by atoms with Gasteiger partial charge >= 0.3 is 0 Å². The summed E-state index contributed by atoms with van der Waals surface area (Å²) in [4.78, 5) is 0. The Morgan fingerprint density at radius 1 is 1.14 bits per heavy atom. The summed E-state index contributed by atoms with van der Waals surface area (Å²) in [7, 11) is 3.46. The molecule has 0 radical (unpaired) electrons. The van der Waals surface area contributed by atoms with Crippen molar-refractivity contribution in [3.8, 4) is 11.5 Å². The highest BCUT2D eigenvalue weighted by molar-refractivity contribution is 6.30. The highest BCUT2D eigenvalue weighted by atomic mass is 35.5. The number of rotatable bonds is 6. The van der Waals surface area contributed by atoms with Crippen molar-refractivity contribution < 1.29 is 13.9 Å². The van der Waals surface area contributed by atoms with Crippen molar-refractivity contribution in [2.75, 3.05) is 14.2 Å². The van der Waals surface area contributed by atoms with Gasteiger partial charge in [0.1, 0.15) is 23.9 Å². The average molecular weight is 310 g/mol. The number of halogens is 2. The lowest BCUT2D eigenvalue weighted by Crippen LogP contribution is -2.08. The lowest BCUT2D eigenvalue weighted by atomic mass is 10.2. The minimum atomic E-state index is -0.330. The molecule has 1 N–H and O–H groups in total. The molecule has 0 atom stereocenters. The third-order valence-corrected chi connectivity index (χ3v) is 3.26. The van der Waals surface area contributed by atoms with Crippen LogP contribution in [-0.4, -0.2) is 14.2 Å². The Hall–Kier alpha value is -1.78. The first kappa shape index (κ1) is 15.6. The van der Waals surface area contributed by atoms with E-state index in [0.29, 0.717) is 22.9 Å². The molecule has 0 aliphatic carbocycles. The molecule has 3 nitrogen and oxygen atoms in total. The van der Waals surface area contributed by atoms with Gasteiger partial charge in [-0.3, -0.25) is 0 Å². The average Bonchev–Trinajstić information content (AvgIpc) is 2.49. The van der Waals surface area contributed by atoms with Crippen LogP contribution in [0.25, 0.3) is 0 Å². The van der Waals surface area contributed by atoms with E-state index in [4.69, 9.17) is 21.1 Å². The molecule has 0 aliphatic heterocycles. The van der Waals surface area contributed by atoms with Crippen LogP contribution < -0.4 is 14.8 Å². The number of ether oxygens (including phenoxy) is 2. The Bertz CT molecular complexity index is 619. The summed E-state index contributed by atoms with van der Waals surface area (Å²) in [5.41, 5.74) is 1.37. The number of hydrogen-bond donors (Lipinski definition) is 1. The molecule has 2 rings (SSSR count). The first-order valence-electron chi connectivity index (χ1n) is 6.52. The van der Waals surface area contributed by atoms with E-state index in [-0.39, 0.29) is 12.4 Å². The van der Waals surface area contributed by atoms with Crippen molar-refractivity contribution in [1.29, 1.82) is 0 Å². The number of hydrogen-bond acceptors (Lipinski definition) is 3. The Morgan fingerprint density at radius 3 is 2.67 bits per heavy atom. The zero-order chi connectivity index (χ0) is 15.2. The summed E-state index contributed by atoms with van der Waals surface area (Å²) >= 11 is 5.87. The molecule has 0 bridgehead atoms. The van der Waals surface area contributed by atoms with Crippen molar-refractivity contribution >= 4 is 11.6 Å². The maximum atomic E-state index is 13.7. The van der Waals surface area contributed by atoms with Gasteiger partial charge in [0.2, 0.25) is 0 Å². The van der Waals surface area contributed by atoms with Crippen LogP contribution in [0.4, 0.5) is 4.39 Å². The quantitative estimate of drug-likeness (QED) is 0.880. The van der Waals surface area contributed by atoms with E-state index in [2.05, 4.69) is 5.32 Å². The minimum absolute atomic E-state index is 0.120. The van der Waals surface area contributed by atoms with Crippen molar-refractivity contribution in [2.24, 2.45) is 0 Å². The van der Waals surface area contributed by atoms with E-state index in [0.717, 1.165) is 11.3 Å². The topological polar surface area (TPSA) is 30.5 Å². The molecular weight excluding hydrogens is 293 g/mol. The van der Waals surface area contributed by atoms with Crippen molar-refractivity contribution in [2.45, 2.75) is 13.2 Å². The SMILES string of the molecule is CNCc1cc(OC)ccc1OCc1cc(Cl)ccc1F. The van der Waals surface area contributed by atoms with Crippen LogP contribution in [0.1, 0.15) is 11.1 Å². The molecule has 0 amide bonds. The zero-order valence-electron chi connectivity index (χ0n) is 12.0. The summed E-state index contributed by atoms with van der Waals surface area (Å²) in [5.74, 6) is 1.11. The second-order valence-electron chi connectivity index (χ2n) is 4.53. The third-order valence-electron chi connectivity index (χ3n) is 3.03. The maximum absolute atomic E-state index is 13.7. The molecule has 2 aromatic rings. The Morgan fingerprint density at radius 2 is 1.95 bits per heavy atom. The molecule has 0 spiro atoms. The largest absolute Gasteiger partial charge is 0.497 e. The maximum Gasteiger partial charge on any atom is 0.129 e. The Labute approximate surface area is 128 Å². The summed E-state index contributed by atoms with van der Waals surface area (Å²) in [6, 6.07) is 9.93. The normalized spacial score (nSPS) is 10.5. The van der Waals surface area contributed by atoms with Crippen LogP contribution in [-0.2, 0) is 13.2 Å². The molecule has 2 aromatic carbocycles. The summed E-state index contributed by atoms with van der Waals surface area (Å²) in [6.45, 7) is 0.750. The van der Waals surface area contributed by atoms with E-state index in [1.165, 1.54) is 12.1 Å². The van der Waals surface area contributed by atoms with E-state index < -0.39 is 0 Å². The predicted molar refractivity (Wildman–Crippen MR) is 81.5 cm³/mol. The van der Waals surface area contributed by atoms with Crippen molar-refractivity contribution in [3.05, 3.63) is 58.4 Å². The highest BCUT2D eigenvalue weighted by Gasteiger charge is 2.08. The van der Waals surface area contributed by atoms with Gasteiger partial charge in [0, 0.05) is 22.7 Å². The second kappa shape index (κ2) is 7.29. The lowest BCUT2D eigenvalue weighted by molar-refractivity contribution is 0.295. The molecule has 0 aliphatic rings. The monoisotopic (exact) mass is 309 g/mol. The summed E-state index contributed by atoms with van der Waals surface area (Å²) in [5, 5.41) is 3.55. The van der Waals surface area contributed by atoms with Crippen LogP contribution >= 0.6 is 11.6 Å². The van der Waals surface area contributed by atoms with Gasteiger partial charge in [-0.15, -0.1) is 0 Å². The van der Waals surface area contributed by atoms with Crippen molar-refractivity contribution in [3.63, 3.8) is 0 Å². The van der Waals surface area contributed by atoms with Gasteiger partial charge in [-0.2, -0.15) is 0 Å². The van der Waals surface area contributed by atoms with E-state index in [9.17, 15) is 4.39 Å². The zero-order valence-corrected chi connectivity index (χ0v) is 12.7. The van der Waals surface area contributed by atoms with Gasteiger partial charge in [0.15, 0.2) is 0 Å². The van der Waals surface area contributed by atoms with E-state index >= 15 is 0 Å². The number of methoxy groups -OCH3 is 1. The van der Waals surface area contributed by atoms with Crippen LogP contribution in [0.15, 0.2) is 36.4 Å². The van der Waals surface area contributed by atoms with E-state index in [1.807, 2.05) is 25.2 Å². The third kappa shape index (κ3) is 4.09. The molecule has 112 valence electrons. The van der Waals surface area contributed by atoms with Crippen LogP contribution in [0.5, 0.6) is 11.5 Å². The summed E-state index contributed by atoms with van der Waals surface area (Å²) in [6.07, 6.45) is 0. The van der Waals surface area contributed by atoms with Gasteiger partial charge in [-0.25, -0.2) is 4.39 Å². The van der Waals surface area contributed by atoms with Gasteiger partial charge < -0.3 is 14.8 Å². The molecule has 0 unspecified atom stereocenters. The Balaban J connectivity index is 2.17. The highest BCUT2D eigenvalue weighted by Crippen LogP contribution is 2.25. The minimum Gasteiger partial charge on any atom is -0.497 e. The molecule has 0 fully saturated rings. The second-order valence-corrected chi connectivity index (χ2v) is 4.96.